The number of carbonyl (C=O) groups is 1. The number of hydrogen-bond acceptors (Lipinski definition) is 4. The van der Waals surface area contributed by atoms with Gasteiger partial charge in [0.1, 0.15) is 5.82 Å². The van der Waals surface area contributed by atoms with Crippen LogP contribution >= 0.6 is 0 Å². The molecule has 1 rings (SSSR count). The van der Waals surface area contributed by atoms with E-state index in [1.807, 2.05) is 0 Å². The van der Waals surface area contributed by atoms with Gasteiger partial charge in [-0.2, -0.15) is 0 Å². The molecule has 0 fully saturated rings. The van der Waals surface area contributed by atoms with Gasteiger partial charge in [-0.1, -0.05) is 26.7 Å². The highest BCUT2D eigenvalue weighted by Gasteiger charge is 2.02. The summed E-state index contributed by atoms with van der Waals surface area (Å²) in [5.41, 5.74) is 5.26. The molecule has 0 atom stereocenters. The minimum Gasteiger partial charge on any atom is -0.369 e. The summed E-state index contributed by atoms with van der Waals surface area (Å²) in [6, 6.07) is 3.29. The Morgan fingerprint density at radius 3 is 2.65 bits per heavy atom. The lowest BCUT2D eigenvalue weighted by molar-refractivity contribution is 0.0994. The second kappa shape index (κ2) is 6.83. The third-order valence-corrected chi connectivity index (χ3v) is 2.43. The number of carbonyl (C=O) groups excluding carboxylic acids is 1. The fraction of sp³-hybridized carbons (Fsp3) is 0.583. The van der Waals surface area contributed by atoms with Crippen molar-refractivity contribution in [2.75, 3.05) is 11.9 Å². The molecule has 0 saturated carbocycles. The number of primary amides is 1. The molecule has 17 heavy (non-hydrogen) atoms. The molecular formula is C12H20N4O. The molecule has 0 radical (unpaired) electrons. The molecular weight excluding hydrogens is 216 g/mol. The van der Waals surface area contributed by atoms with Crippen molar-refractivity contribution in [3.05, 3.63) is 17.8 Å². The van der Waals surface area contributed by atoms with E-state index in [1.54, 1.807) is 12.1 Å². The molecule has 1 aromatic heterocycles. The van der Waals surface area contributed by atoms with Crippen LogP contribution in [0.5, 0.6) is 0 Å². The van der Waals surface area contributed by atoms with Gasteiger partial charge in [-0.3, -0.25) is 4.79 Å². The Morgan fingerprint density at radius 1 is 1.35 bits per heavy atom. The fourth-order valence-corrected chi connectivity index (χ4v) is 1.45. The standard InChI is InChI=1S/C12H20N4O/c1-9(2)5-3-4-8-14-11-7-6-10(12(13)17)15-16-11/h6-7,9H,3-5,8H2,1-2H3,(H2,13,17)(H,14,16). The van der Waals surface area contributed by atoms with Crippen LogP contribution < -0.4 is 11.1 Å². The van der Waals surface area contributed by atoms with Crippen molar-refractivity contribution in [1.29, 1.82) is 0 Å². The molecule has 5 nitrogen and oxygen atoms in total. The molecule has 1 amide bonds. The number of anilines is 1. The highest BCUT2D eigenvalue weighted by Crippen LogP contribution is 2.07. The number of aromatic nitrogens is 2. The van der Waals surface area contributed by atoms with Gasteiger partial charge in [-0.25, -0.2) is 0 Å². The monoisotopic (exact) mass is 236 g/mol. The summed E-state index contributed by atoms with van der Waals surface area (Å²) in [7, 11) is 0. The van der Waals surface area contributed by atoms with E-state index in [1.165, 1.54) is 12.8 Å². The highest BCUT2D eigenvalue weighted by molar-refractivity contribution is 5.90. The van der Waals surface area contributed by atoms with Crippen LogP contribution in [-0.2, 0) is 0 Å². The number of unbranched alkanes of at least 4 members (excludes halogenated alkanes) is 1. The van der Waals surface area contributed by atoms with E-state index in [9.17, 15) is 4.79 Å². The molecule has 0 spiro atoms. The van der Waals surface area contributed by atoms with Crippen LogP contribution in [-0.4, -0.2) is 22.6 Å². The van der Waals surface area contributed by atoms with E-state index >= 15 is 0 Å². The Morgan fingerprint density at radius 2 is 2.12 bits per heavy atom. The Kier molecular flexibility index (Phi) is 5.39. The number of nitrogens with two attached hydrogens (primary N) is 1. The second-order valence-corrected chi connectivity index (χ2v) is 4.48. The zero-order valence-electron chi connectivity index (χ0n) is 10.4. The Balaban J connectivity index is 2.25. The van der Waals surface area contributed by atoms with Crippen LogP contribution in [0.1, 0.15) is 43.6 Å². The minimum atomic E-state index is -0.555. The van der Waals surface area contributed by atoms with E-state index in [4.69, 9.17) is 5.73 Å². The maximum Gasteiger partial charge on any atom is 0.269 e. The number of rotatable bonds is 7. The van der Waals surface area contributed by atoms with E-state index in [0.29, 0.717) is 5.82 Å². The van der Waals surface area contributed by atoms with Crippen LogP contribution in [0.3, 0.4) is 0 Å². The predicted octanol–water partition coefficient (Wildman–Crippen LogP) is 1.81. The van der Waals surface area contributed by atoms with Crippen molar-refractivity contribution in [1.82, 2.24) is 10.2 Å². The zero-order chi connectivity index (χ0) is 12.7. The summed E-state index contributed by atoms with van der Waals surface area (Å²) in [6.45, 7) is 5.32. The average molecular weight is 236 g/mol. The van der Waals surface area contributed by atoms with Gasteiger partial charge in [0.2, 0.25) is 0 Å². The van der Waals surface area contributed by atoms with Crippen molar-refractivity contribution < 1.29 is 4.79 Å². The smallest absolute Gasteiger partial charge is 0.269 e. The SMILES string of the molecule is CC(C)CCCCNc1ccc(C(N)=O)nn1. The lowest BCUT2D eigenvalue weighted by atomic mass is 10.1. The maximum atomic E-state index is 10.8. The molecule has 0 unspecified atom stereocenters. The van der Waals surface area contributed by atoms with E-state index in [2.05, 4.69) is 29.4 Å². The van der Waals surface area contributed by atoms with Gasteiger partial charge in [0.05, 0.1) is 0 Å². The minimum absolute atomic E-state index is 0.190. The number of nitrogens with one attached hydrogen (secondary N) is 1. The predicted molar refractivity (Wildman–Crippen MR) is 67.7 cm³/mol. The summed E-state index contributed by atoms with van der Waals surface area (Å²) in [4.78, 5) is 10.8. The van der Waals surface area contributed by atoms with Crippen molar-refractivity contribution >= 4 is 11.7 Å². The number of nitrogens with zero attached hydrogens (tertiary/aromatic N) is 2. The molecule has 1 aromatic rings. The van der Waals surface area contributed by atoms with Crippen molar-refractivity contribution in [2.45, 2.75) is 33.1 Å². The highest BCUT2D eigenvalue weighted by atomic mass is 16.1. The van der Waals surface area contributed by atoms with Gasteiger partial charge >= 0.3 is 0 Å². The van der Waals surface area contributed by atoms with Crippen LogP contribution in [0, 0.1) is 5.92 Å². The largest absolute Gasteiger partial charge is 0.369 e. The molecule has 0 saturated heterocycles. The first-order valence-electron chi connectivity index (χ1n) is 5.97. The molecule has 0 aliphatic rings. The van der Waals surface area contributed by atoms with E-state index < -0.39 is 5.91 Å². The normalized spacial score (nSPS) is 10.5. The summed E-state index contributed by atoms with van der Waals surface area (Å²) in [5, 5.41) is 10.7. The van der Waals surface area contributed by atoms with Crippen LogP contribution in [0.4, 0.5) is 5.82 Å². The Hall–Kier alpha value is -1.65. The molecule has 0 aromatic carbocycles. The number of hydrogen-bond donors (Lipinski definition) is 2. The molecule has 0 aliphatic heterocycles. The number of amides is 1. The average Bonchev–Trinajstić information content (AvgIpc) is 2.29. The van der Waals surface area contributed by atoms with Crippen LogP contribution in [0.2, 0.25) is 0 Å². The van der Waals surface area contributed by atoms with E-state index in [-0.39, 0.29) is 5.69 Å². The third-order valence-electron chi connectivity index (χ3n) is 2.43. The first-order chi connectivity index (χ1) is 8.09. The quantitative estimate of drug-likeness (QED) is 0.707. The fourth-order valence-electron chi connectivity index (χ4n) is 1.45. The Bertz CT molecular complexity index is 348. The first kappa shape index (κ1) is 13.4. The lowest BCUT2D eigenvalue weighted by Gasteiger charge is -2.06. The third kappa shape index (κ3) is 5.29. The van der Waals surface area contributed by atoms with Gasteiger partial charge in [0.15, 0.2) is 5.69 Å². The van der Waals surface area contributed by atoms with E-state index in [0.717, 1.165) is 18.9 Å². The first-order valence-corrected chi connectivity index (χ1v) is 5.97. The zero-order valence-corrected chi connectivity index (χ0v) is 10.4. The summed E-state index contributed by atoms with van der Waals surface area (Å²) < 4.78 is 0. The second-order valence-electron chi connectivity index (χ2n) is 4.48. The topological polar surface area (TPSA) is 80.9 Å². The van der Waals surface area contributed by atoms with Crippen molar-refractivity contribution in [2.24, 2.45) is 11.7 Å². The maximum absolute atomic E-state index is 10.8. The molecule has 94 valence electrons. The molecule has 3 N–H and O–H groups in total. The van der Waals surface area contributed by atoms with Crippen molar-refractivity contribution in [3.8, 4) is 0 Å². The molecule has 0 bridgehead atoms. The van der Waals surface area contributed by atoms with Gasteiger partial charge in [-0.15, -0.1) is 10.2 Å². The lowest BCUT2D eigenvalue weighted by Crippen LogP contribution is -2.14. The van der Waals surface area contributed by atoms with Gasteiger partial charge in [-0.05, 0) is 24.5 Å². The molecule has 1 heterocycles. The van der Waals surface area contributed by atoms with Crippen LogP contribution in [0.25, 0.3) is 0 Å². The molecule has 5 heteroatoms. The van der Waals surface area contributed by atoms with Gasteiger partial charge in [0.25, 0.3) is 5.91 Å². The van der Waals surface area contributed by atoms with Crippen molar-refractivity contribution in [3.63, 3.8) is 0 Å². The van der Waals surface area contributed by atoms with Gasteiger partial charge < -0.3 is 11.1 Å². The Labute approximate surface area is 102 Å². The summed E-state index contributed by atoms with van der Waals surface area (Å²) in [5.74, 6) is 0.880. The summed E-state index contributed by atoms with van der Waals surface area (Å²) >= 11 is 0. The van der Waals surface area contributed by atoms with Crippen LogP contribution in [0.15, 0.2) is 12.1 Å². The molecule has 0 aliphatic carbocycles. The summed E-state index contributed by atoms with van der Waals surface area (Å²) in [6.07, 6.45) is 3.56. The van der Waals surface area contributed by atoms with Gasteiger partial charge in [0, 0.05) is 6.54 Å².